The van der Waals surface area contributed by atoms with Crippen molar-refractivity contribution in [2.24, 2.45) is 0 Å². The van der Waals surface area contributed by atoms with E-state index in [-0.39, 0.29) is 17.8 Å². The van der Waals surface area contributed by atoms with E-state index in [9.17, 15) is 14.9 Å². The third-order valence-electron chi connectivity index (χ3n) is 4.95. The van der Waals surface area contributed by atoms with Crippen molar-refractivity contribution < 1.29 is 9.72 Å². The van der Waals surface area contributed by atoms with Crippen molar-refractivity contribution in [1.29, 1.82) is 0 Å². The molecule has 0 saturated carbocycles. The Morgan fingerprint density at radius 1 is 1.41 bits per heavy atom. The highest BCUT2D eigenvalue weighted by atomic mass is 32.1. The molecule has 2 aromatic rings. The van der Waals surface area contributed by atoms with Crippen LogP contribution < -0.4 is 10.6 Å². The summed E-state index contributed by atoms with van der Waals surface area (Å²) in [5.74, 6) is -0.0557. The first-order valence-electron chi connectivity index (χ1n) is 8.92. The molecule has 1 unspecified atom stereocenters. The standard InChI is InChI=1S/C19H20N4O3S/c1-2-22-9-8-14-15(11-22)27-19-17(14)18(24)20-16(21-19)7-6-12-4-3-5-13(10-12)23(25)26/h3-7,10,16,21H,2,8-9,11H2,1H3,(H,20,24). The third kappa shape index (κ3) is 3.45. The summed E-state index contributed by atoms with van der Waals surface area (Å²) in [6, 6.07) is 6.41. The number of anilines is 1. The molecule has 2 aliphatic heterocycles. The Morgan fingerprint density at radius 3 is 3.04 bits per heavy atom. The van der Waals surface area contributed by atoms with Gasteiger partial charge in [0.25, 0.3) is 11.6 Å². The van der Waals surface area contributed by atoms with Crippen LogP contribution in [0.25, 0.3) is 6.08 Å². The molecule has 7 nitrogen and oxygen atoms in total. The van der Waals surface area contributed by atoms with Gasteiger partial charge >= 0.3 is 0 Å². The first kappa shape index (κ1) is 17.7. The number of likely N-dealkylation sites (N-methyl/N-ethyl adjacent to an activating group) is 1. The summed E-state index contributed by atoms with van der Waals surface area (Å²) in [5, 5.41) is 18.1. The quantitative estimate of drug-likeness (QED) is 0.624. The number of nitrogens with one attached hydrogen (secondary N) is 2. The zero-order valence-corrected chi connectivity index (χ0v) is 15.7. The van der Waals surface area contributed by atoms with Crippen molar-refractivity contribution in [3.63, 3.8) is 0 Å². The van der Waals surface area contributed by atoms with Crippen molar-refractivity contribution in [1.82, 2.24) is 10.2 Å². The van der Waals surface area contributed by atoms with Crippen LogP contribution in [0.3, 0.4) is 0 Å². The van der Waals surface area contributed by atoms with Gasteiger partial charge < -0.3 is 10.6 Å². The fourth-order valence-electron chi connectivity index (χ4n) is 3.50. The molecule has 27 heavy (non-hydrogen) atoms. The molecule has 0 radical (unpaired) electrons. The van der Waals surface area contributed by atoms with E-state index in [1.165, 1.54) is 22.6 Å². The van der Waals surface area contributed by atoms with Crippen molar-refractivity contribution in [3.05, 3.63) is 62.0 Å². The first-order valence-corrected chi connectivity index (χ1v) is 9.73. The number of hydrogen-bond acceptors (Lipinski definition) is 6. The molecule has 0 aliphatic carbocycles. The Hall–Kier alpha value is -2.71. The second-order valence-corrected chi connectivity index (χ2v) is 7.74. The van der Waals surface area contributed by atoms with Crippen LogP contribution in [0.1, 0.15) is 33.3 Å². The van der Waals surface area contributed by atoms with Gasteiger partial charge in [-0.2, -0.15) is 0 Å². The van der Waals surface area contributed by atoms with Gasteiger partial charge in [-0.3, -0.25) is 19.8 Å². The summed E-state index contributed by atoms with van der Waals surface area (Å²) >= 11 is 1.66. The van der Waals surface area contributed by atoms with Gasteiger partial charge in [0.05, 0.1) is 10.5 Å². The molecule has 4 rings (SSSR count). The van der Waals surface area contributed by atoms with Crippen LogP contribution in [0.15, 0.2) is 30.3 Å². The van der Waals surface area contributed by atoms with Gasteiger partial charge in [-0.1, -0.05) is 25.1 Å². The molecule has 140 valence electrons. The molecule has 3 heterocycles. The molecule has 2 N–H and O–H groups in total. The van der Waals surface area contributed by atoms with E-state index >= 15 is 0 Å². The number of fused-ring (bicyclic) bond motifs is 3. The normalized spacial score (nSPS) is 19.3. The van der Waals surface area contributed by atoms with Crippen LogP contribution in [0, 0.1) is 10.1 Å². The summed E-state index contributed by atoms with van der Waals surface area (Å²) in [5.41, 5.74) is 2.72. The second-order valence-electron chi connectivity index (χ2n) is 6.63. The summed E-state index contributed by atoms with van der Waals surface area (Å²) in [6.45, 7) is 5.04. The Morgan fingerprint density at radius 2 is 2.26 bits per heavy atom. The molecule has 1 amide bonds. The molecule has 1 atom stereocenters. The van der Waals surface area contributed by atoms with Crippen LogP contribution >= 0.6 is 11.3 Å². The lowest BCUT2D eigenvalue weighted by molar-refractivity contribution is -0.384. The predicted octanol–water partition coefficient (Wildman–Crippen LogP) is 3.23. The Labute approximate surface area is 160 Å². The van der Waals surface area contributed by atoms with E-state index in [2.05, 4.69) is 22.5 Å². The molecular formula is C19H20N4O3S. The fourth-order valence-corrected chi connectivity index (χ4v) is 4.83. The highest BCUT2D eigenvalue weighted by molar-refractivity contribution is 7.16. The molecule has 2 aliphatic rings. The summed E-state index contributed by atoms with van der Waals surface area (Å²) < 4.78 is 0. The van der Waals surface area contributed by atoms with Gasteiger partial charge in [0.1, 0.15) is 11.2 Å². The Balaban J connectivity index is 1.54. The highest BCUT2D eigenvalue weighted by Gasteiger charge is 2.31. The maximum absolute atomic E-state index is 12.7. The second kappa shape index (κ2) is 7.13. The van der Waals surface area contributed by atoms with Crippen LogP contribution in [-0.2, 0) is 13.0 Å². The molecule has 1 aromatic heterocycles. The average Bonchev–Trinajstić information content (AvgIpc) is 3.04. The molecule has 8 heteroatoms. The van der Waals surface area contributed by atoms with E-state index in [0.717, 1.165) is 42.2 Å². The Bertz CT molecular complexity index is 937. The van der Waals surface area contributed by atoms with E-state index in [1.807, 2.05) is 6.08 Å². The number of amides is 1. The maximum Gasteiger partial charge on any atom is 0.270 e. The number of non-ortho nitro benzene ring substituents is 1. The fraction of sp³-hybridized carbons (Fsp3) is 0.316. The van der Waals surface area contributed by atoms with Crippen molar-refractivity contribution in [2.45, 2.75) is 26.1 Å². The number of hydrogen-bond donors (Lipinski definition) is 2. The van der Waals surface area contributed by atoms with Gasteiger partial charge in [0.2, 0.25) is 0 Å². The molecule has 0 fully saturated rings. The number of carbonyl (C=O) groups excluding carboxylic acids is 1. The number of rotatable bonds is 4. The SMILES string of the molecule is CCN1CCc2c(sc3c2C(=O)NC(C=Cc2cccc([N+](=O)[O-])c2)N3)C1. The zero-order valence-electron chi connectivity index (χ0n) is 14.9. The molecular weight excluding hydrogens is 364 g/mol. The predicted molar refractivity (Wildman–Crippen MR) is 106 cm³/mol. The van der Waals surface area contributed by atoms with Crippen molar-refractivity contribution in [2.75, 3.05) is 18.4 Å². The number of benzene rings is 1. The first-order chi connectivity index (χ1) is 13.0. The molecule has 0 saturated heterocycles. The zero-order chi connectivity index (χ0) is 19.0. The van der Waals surface area contributed by atoms with E-state index in [4.69, 9.17) is 0 Å². The van der Waals surface area contributed by atoms with Crippen LogP contribution in [0.2, 0.25) is 0 Å². The van der Waals surface area contributed by atoms with E-state index < -0.39 is 4.92 Å². The smallest absolute Gasteiger partial charge is 0.270 e. The number of nitro benzene ring substituents is 1. The van der Waals surface area contributed by atoms with Crippen LogP contribution in [0.4, 0.5) is 10.7 Å². The van der Waals surface area contributed by atoms with Crippen LogP contribution in [-0.4, -0.2) is 35.0 Å². The van der Waals surface area contributed by atoms with Gasteiger partial charge in [-0.25, -0.2) is 0 Å². The minimum Gasteiger partial charge on any atom is -0.353 e. The van der Waals surface area contributed by atoms with Gasteiger partial charge in [-0.15, -0.1) is 11.3 Å². The van der Waals surface area contributed by atoms with Crippen molar-refractivity contribution >= 4 is 34.0 Å². The monoisotopic (exact) mass is 384 g/mol. The van der Waals surface area contributed by atoms with Gasteiger partial charge in [0.15, 0.2) is 0 Å². The van der Waals surface area contributed by atoms with E-state index in [1.54, 1.807) is 29.5 Å². The number of nitro groups is 1. The minimum absolute atomic E-state index is 0.0477. The topological polar surface area (TPSA) is 87.5 Å². The highest BCUT2D eigenvalue weighted by Crippen LogP contribution is 2.38. The average molecular weight is 384 g/mol. The van der Waals surface area contributed by atoms with Crippen molar-refractivity contribution in [3.8, 4) is 0 Å². The summed E-state index contributed by atoms with van der Waals surface area (Å²) in [7, 11) is 0. The number of thiophene rings is 1. The maximum atomic E-state index is 12.7. The lowest BCUT2D eigenvalue weighted by atomic mass is 10.0. The summed E-state index contributed by atoms with van der Waals surface area (Å²) in [6.07, 6.45) is 4.16. The molecule has 1 aromatic carbocycles. The van der Waals surface area contributed by atoms with Gasteiger partial charge in [-0.05, 0) is 30.2 Å². The lowest BCUT2D eigenvalue weighted by Crippen LogP contribution is -2.43. The molecule has 0 spiro atoms. The number of carbonyl (C=O) groups is 1. The lowest BCUT2D eigenvalue weighted by Gasteiger charge is -2.26. The third-order valence-corrected chi connectivity index (χ3v) is 6.09. The summed E-state index contributed by atoms with van der Waals surface area (Å²) in [4.78, 5) is 26.8. The van der Waals surface area contributed by atoms with E-state index in [0.29, 0.717) is 0 Å². The minimum atomic E-state index is -0.417. The number of nitrogens with zero attached hydrogens (tertiary/aromatic N) is 2. The largest absolute Gasteiger partial charge is 0.353 e. The van der Waals surface area contributed by atoms with Crippen LogP contribution in [0.5, 0.6) is 0 Å². The Kier molecular flexibility index (Phi) is 4.67. The van der Waals surface area contributed by atoms with Gasteiger partial charge in [0, 0.05) is 30.1 Å². The molecule has 0 bridgehead atoms.